The number of amides is 2. The predicted molar refractivity (Wildman–Crippen MR) is 104 cm³/mol. The summed E-state index contributed by atoms with van der Waals surface area (Å²) in [6.07, 6.45) is 1.22. The molecule has 1 aliphatic carbocycles. The second kappa shape index (κ2) is 7.31. The van der Waals surface area contributed by atoms with Crippen molar-refractivity contribution in [1.82, 2.24) is 19.9 Å². The Labute approximate surface area is 178 Å². The average Bonchev–Trinajstić information content (AvgIpc) is 3.14. The van der Waals surface area contributed by atoms with Crippen molar-refractivity contribution >= 4 is 23.2 Å². The van der Waals surface area contributed by atoms with Crippen LogP contribution >= 0.6 is 0 Å². The SMILES string of the molecule is O=C(Nc1cnn2ccc(N3CC(F)(F)C[C@@H]3c3cc(F)ccc3F)nc12)N[C@H]1C[C@H]1F. The Bertz CT molecular complexity index is 1200. The second-order valence-electron chi connectivity index (χ2n) is 7.94. The van der Waals surface area contributed by atoms with Gasteiger partial charge >= 0.3 is 6.03 Å². The fraction of sp³-hybridized carbons (Fsp3) is 0.350. The van der Waals surface area contributed by atoms with Gasteiger partial charge in [0.15, 0.2) is 5.65 Å². The van der Waals surface area contributed by atoms with Crippen molar-refractivity contribution in [2.75, 3.05) is 16.8 Å². The van der Waals surface area contributed by atoms with Crippen molar-refractivity contribution in [2.24, 2.45) is 0 Å². The minimum absolute atomic E-state index is 0.0818. The number of fused-ring (bicyclic) bond motifs is 1. The topological polar surface area (TPSA) is 74.6 Å². The van der Waals surface area contributed by atoms with Crippen molar-refractivity contribution in [3.05, 3.63) is 53.9 Å². The van der Waals surface area contributed by atoms with E-state index in [1.54, 1.807) is 0 Å². The maximum absolute atomic E-state index is 14.4. The highest BCUT2D eigenvalue weighted by Crippen LogP contribution is 2.44. The van der Waals surface area contributed by atoms with E-state index in [0.29, 0.717) is 0 Å². The third-order valence-electron chi connectivity index (χ3n) is 5.51. The molecule has 168 valence electrons. The van der Waals surface area contributed by atoms with Crippen molar-refractivity contribution in [1.29, 1.82) is 0 Å². The van der Waals surface area contributed by atoms with E-state index in [-0.39, 0.29) is 29.1 Å². The van der Waals surface area contributed by atoms with Crippen molar-refractivity contribution in [3.8, 4) is 0 Å². The molecule has 12 heteroatoms. The quantitative estimate of drug-likeness (QED) is 0.591. The molecule has 3 aromatic rings. The molecule has 0 radical (unpaired) electrons. The Balaban J connectivity index is 1.47. The van der Waals surface area contributed by atoms with Gasteiger partial charge in [-0.15, -0.1) is 0 Å². The van der Waals surface area contributed by atoms with Crippen LogP contribution in [0.15, 0.2) is 36.7 Å². The van der Waals surface area contributed by atoms with Crippen LogP contribution in [-0.2, 0) is 0 Å². The molecule has 1 saturated heterocycles. The lowest BCUT2D eigenvalue weighted by molar-refractivity contribution is 0.0221. The summed E-state index contributed by atoms with van der Waals surface area (Å²) in [5.41, 5.74) is 0.138. The number of urea groups is 1. The minimum atomic E-state index is -3.15. The summed E-state index contributed by atoms with van der Waals surface area (Å²) in [7, 11) is 0. The van der Waals surface area contributed by atoms with Crippen LogP contribution in [0.2, 0.25) is 0 Å². The first-order valence-corrected chi connectivity index (χ1v) is 9.85. The first-order chi connectivity index (χ1) is 15.2. The summed E-state index contributed by atoms with van der Waals surface area (Å²) in [5, 5.41) is 9.00. The van der Waals surface area contributed by atoms with Gasteiger partial charge in [0, 0.05) is 24.6 Å². The van der Waals surface area contributed by atoms with Crippen LogP contribution in [0.5, 0.6) is 0 Å². The number of hydrogen-bond acceptors (Lipinski definition) is 4. The maximum Gasteiger partial charge on any atom is 0.319 e. The number of rotatable bonds is 4. The van der Waals surface area contributed by atoms with E-state index in [1.807, 2.05) is 0 Å². The number of alkyl halides is 3. The number of carbonyl (C=O) groups is 1. The molecule has 2 amide bonds. The lowest BCUT2D eigenvalue weighted by Gasteiger charge is -2.25. The Morgan fingerprint density at radius 1 is 1.22 bits per heavy atom. The van der Waals surface area contributed by atoms with E-state index < -0.39 is 54.8 Å². The Morgan fingerprint density at radius 3 is 2.75 bits per heavy atom. The fourth-order valence-electron chi connectivity index (χ4n) is 3.85. The highest BCUT2D eigenvalue weighted by Gasteiger charge is 2.47. The first-order valence-electron chi connectivity index (χ1n) is 9.85. The molecule has 2 aliphatic rings. The molecular formula is C20H17F5N6O. The van der Waals surface area contributed by atoms with Crippen LogP contribution < -0.4 is 15.5 Å². The smallest absolute Gasteiger partial charge is 0.319 e. The Kier molecular flexibility index (Phi) is 4.68. The number of aromatic nitrogens is 3. The lowest BCUT2D eigenvalue weighted by Crippen LogP contribution is -2.31. The van der Waals surface area contributed by atoms with Crippen molar-refractivity contribution in [2.45, 2.75) is 37.0 Å². The maximum atomic E-state index is 14.4. The molecule has 3 heterocycles. The van der Waals surface area contributed by atoms with Gasteiger partial charge in [0.25, 0.3) is 5.92 Å². The van der Waals surface area contributed by atoms with Crippen molar-refractivity contribution < 1.29 is 26.7 Å². The molecule has 2 fully saturated rings. The molecule has 3 atom stereocenters. The van der Waals surface area contributed by atoms with Gasteiger partial charge < -0.3 is 15.5 Å². The van der Waals surface area contributed by atoms with E-state index in [0.717, 1.165) is 18.2 Å². The lowest BCUT2D eigenvalue weighted by atomic mass is 10.0. The van der Waals surface area contributed by atoms with Gasteiger partial charge in [-0.05, 0) is 24.3 Å². The number of nitrogens with zero attached hydrogens (tertiary/aromatic N) is 4. The number of anilines is 2. The zero-order valence-corrected chi connectivity index (χ0v) is 16.4. The molecule has 0 bridgehead atoms. The molecule has 1 aromatic carbocycles. The number of benzene rings is 1. The van der Waals surface area contributed by atoms with Crippen LogP contribution in [0.25, 0.3) is 5.65 Å². The van der Waals surface area contributed by atoms with E-state index >= 15 is 0 Å². The van der Waals surface area contributed by atoms with E-state index in [9.17, 15) is 26.7 Å². The van der Waals surface area contributed by atoms with E-state index in [2.05, 4.69) is 20.7 Å². The minimum Gasteiger partial charge on any atom is -0.343 e. The van der Waals surface area contributed by atoms with Crippen molar-refractivity contribution in [3.63, 3.8) is 0 Å². The number of nitrogens with one attached hydrogen (secondary N) is 2. The number of halogens is 5. The molecule has 32 heavy (non-hydrogen) atoms. The van der Waals surface area contributed by atoms with Gasteiger partial charge in [-0.2, -0.15) is 5.10 Å². The van der Waals surface area contributed by atoms with Gasteiger partial charge in [-0.25, -0.2) is 36.2 Å². The summed E-state index contributed by atoms with van der Waals surface area (Å²) < 4.78 is 71.0. The standard InChI is InChI=1S/C20H17F5N6O/c21-10-1-2-12(22)11(5-10)16-7-20(24,25)9-30(16)17-3-4-31-18(29-17)15(8-26-31)28-19(32)27-14-6-13(14)23/h1-5,8,13-14,16H,6-7,9H2,(H2,27,28,32)/t13-,14+,16-/m1/s1. The first kappa shape index (κ1) is 20.5. The Hall–Kier alpha value is -3.44. The highest BCUT2D eigenvalue weighted by molar-refractivity contribution is 5.93. The molecule has 2 aromatic heterocycles. The van der Waals surface area contributed by atoms with Gasteiger partial charge in [0.05, 0.1) is 24.8 Å². The van der Waals surface area contributed by atoms with E-state index in [4.69, 9.17) is 0 Å². The summed E-state index contributed by atoms with van der Waals surface area (Å²) in [6, 6.07) is 1.80. The summed E-state index contributed by atoms with van der Waals surface area (Å²) >= 11 is 0. The number of carbonyl (C=O) groups excluding carboxylic acids is 1. The van der Waals surface area contributed by atoms with Gasteiger partial charge in [0.2, 0.25) is 0 Å². The average molecular weight is 452 g/mol. The van der Waals surface area contributed by atoms with Gasteiger partial charge in [0.1, 0.15) is 29.3 Å². The molecule has 0 spiro atoms. The third-order valence-corrected chi connectivity index (χ3v) is 5.51. The highest BCUT2D eigenvalue weighted by atomic mass is 19.3. The van der Waals surface area contributed by atoms with E-state index in [1.165, 1.54) is 27.9 Å². The normalized spacial score (nSPS) is 24.0. The summed E-state index contributed by atoms with van der Waals surface area (Å²) in [6.45, 7) is -0.742. The number of hydrogen-bond donors (Lipinski definition) is 2. The van der Waals surface area contributed by atoms with Gasteiger partial charge in [-0.1, -0.05) is 0 Å². The fourth-order valence-corrected chi connectivity index (χ4v) is 3.85. The summed E-state index contributed by atoms with van der Waals surface area (Å²) in [5.74, 6) is -4.60. The second-order valence-corrected chi connectivity index (χ2v) is 7.94. The molecular weight excluding hydrogens is 435 g/mol. The van der Waals surface area contributed by atoms with Crippen LogP contribution in [0.4, 0.5) is 38.3 Å². The molecule has 7 nitrogen and oxygen atoms in total. The zero-order chi connectivity index (χ0) is 22.6. The molecule has 1 aliphatic heterocycles. The van der Waals surface area contributed by atoms with Crippen LogP contribution in [0, 0.1) is 11.6 Å². The van der Waals surface area contributed by atoms with Gasteiger partial charge in [-0.3, -0.25) is 0 Å². The predicted octanol–water partition coefficient (Wildman–Crippen LogP) is 3.83. The Morgan fingerprint density at radius 2 is 2.00 bits per heavy atom. The molecule has 1 saturated carbocycles. The molecule has 0 unspecified atom stereocenters. The zero-order valence-electron chi connectivity index (χ0n) is 16.4. The monoisotopic (exact) mass is 452 g/mol. The van der Waals surface area contributed by atoms with Crippen LogP contribution in [-0.4, -0.2) is 45.3 Å². The molecule has 5 rings (SSSR count). The summed E-state index contributed by atoms with van der Waals surface area (Å²) in [4.78, 5) is 17.6. The molecule has 2 N–H and O–H groups in total. The third kappa shape index (κ3) is 3.80. The largest absolute Gasteiger partial charge is 0.343 e. The van der Waals surface area contributed by atoms with Crippen LogP contribution in [0.3, 0.4) is 0 Å². The van der Waals surface area contributed by atoms with Crippen LogP contribution in [0.1, 0.15) is 24.4 Å².